The van der Waals surface area contributed by atoms with Crippen LogP contribution in [0.4, 0.5) is 15.8 Å². The highest BCUT2D eigenvalue weighted by Crippen LogP contribution is 2.19. The maximum absolute atomic E-state index is 13.6. The van der Waals surface area contributed by atoms with Crippen molar-refractivity contribution in [2.45, 2.75) is 6.92 Å². The minimum atomic E-state index is -0.561. The van der Waals surface area contributed by atoms with Gasteiger partial charge >= 0.3 is 0 Å². The van der Waals surface area contributed by atoms with E-state index in [4.69, 9.17) is 0 Å². The molecule has 0 bridgehead atoms. The third-order valence-corrected chi connectivity index (χ3v) is 3.24. The minimum Gasteiger partial charge on any atom is -0.326 e. The van der Waals surface area contributed by atoms with E-state index in [1.807, 2.05) is 0 Å². The Morgan fingerprint density at radius 2 is 1.84 bits per heavy atom. The second kappa shape index (κ2) is 6.87. The zero-order chi connectivity index (χ0) is 17.8. The predicted octanol–water partition coefficient (Wildman–Crippen LogP) is 2.01. The second-order valence-corrected chi connectivity index (χ2v) is 5.13. The van der Waals surface area contributed by atoms with Gasteiger partial charge in [-0.2, -0.15) is 4.68 Å². The van der Waals surface area contributed by atoms with Gasteiger partial charge in [-0.25, -0.2) is 4.39 Å². The van der Waals surface area contributed by atoms with E-state index in [0.717, 1.165) is 6.07 Å². The molecule has 0 saturated heterocycles. The van der Waals surface area contributed by atoms with E-state index < -0.39 is 11.7 Å². The molecule has 8 nitrogen and oxygen atoms in total. The highest BCUT2D eigenvalue weighted by molar-refractivity contribution is 6.07. The van der Waals surface area contributed by atoms with Crippen LogP contribution < -0.4 is 10.6 Å². The summed E-state index contributed by atoms with van der Waals surface area (Å²) < 4.78 is 14.9. The first-order chi connectivity index (χ1) is 12.0. The van der Waals surface area contributed by atoms with Crippen LogP contribution in [0.3, 0.4) is 0 Å². The lowest BCUT2D eigenvalue weighted by Gasteiger charge is -2.11. The normalized spacial score (nSPS) is 10.3. The molecular weight excluding hydrogens is 327 g/mol. The molecule has 0 aliphatic carbocycles. The van der Waals surface area contributed by atoms with Crippen LogP contribution in [0.5, 0.6) is 0 Å². The van der Waals surface area contributed by atoms with Crippen molar-refractivity contribution in [3.63, 3.8) is 0 Å². The summed E-state index contributed by atoms with van der Waals surface area (Å²) in [5.41, 5.74) is 1.38. The molecule has 3 aromatic rings. The number of rotatable bonds is 4. The van der Waals surface area contributed by atoms with Gasteiger partial charge in [-0.3, -0.25) is 9.59 Å². The van der Waals surface area contributed by atoms with Crippen molar-refractivity contribution in [1.29, 1.82) is 0 Å². The highest BCUT2D eigenvalue weighted by atomic mass is 19.1. The Balaban J connectivity index is 1.89. The molecule has 2 aromatic carbocycles. The number of nitrogens with zero attached hydrogens (tertiary/aromatic N) is 4. The Morgan fingerprint density at radius 3 is 2.52 bits per heavy atom. The van der Waals surface area contributed by atoms with Gasteiger partial charge in [0.2, 0.25) is 5.91 Å². The van der Waals surface area contributed by atoms with Crippen LogP contribution >= 0.6 is 0 Å². The number of anilines is 2. The largest absolute Gasteiger partial charge is 0.326 e. The third-order valence-electron chi connectivity index (χ3n) is 3.24. The maximum Gasteiger partial charge on any atom is 0.257 e. The Bertz CT molecular complexity index is 926. The predicted molar refractivity (Wildman–Crippen MR) is 87.8 cm³/mol. The Labute approximate surface area is 141 Å². The van der Waals surface area contributed by atoms with Crippen LogP contribution in [0.25, 0.3) is 5.69 Å². The highest BCUT2D eigenvalue weighted by Gasteiger charge is 2.15. The molecule has 1 aromatic heterocycles. The van der Waals surface area contributed by atoms with Gasteiger partial charge in [-0.05, 0) is 46.8 Å². The molecule has 126 valence electrons. The molecule has 2 amide bonds. The summed E-state index contributed by atoms with van der Waals surface area (Å²) >= 11 is 0. The van der Waals surface area contributed by atoms with E-state index >= 15 is 0 Å². The molecule has 0 aliphatic rings. The van der Waals surface area contributed by atoms with Crippen molar-refractivity contribution in [3.8, 4) is 5.69 Å². The average molecular weight is 340 g/mol. The Hall–Kier alpha value is -3.62. The number of benzene rings is 2. The molecule has 3 rings (SSSR count). The number of tetrazole rings is 1. The van der Waals surface area contributed by atoms with Crippen LogP contribution in [0, 0.1) is 5.82 Å². The van der Waals surface area contributed by atoms with E-state index in [2.05, 4.69) is 26.2 Å². The molecule has 9 heteroatoms. The van der Waals surface area contributed by atoms with Gasteiger partial charge in [0.25, 0.3) is 5.91 Å². The zero-order valence-corrected chi connectivity index (χ0v) is 13.1. The van der Waals surface area contributed by atoms with Crippen molar-refractivity contribution < 1.29 is 14.0 Å². The monoisotopic (exact) mass is 340 g/mol. The van der Waals surface area contributed by atoms with Crippen LogP contribution in [-0.2, 0) is 4.79 Å². The summed E-state index contributed by atoms with van der Waals surface area (Å²) in [5.74, 6) is -1.33. The molecule has 0 fully saturated rings. The molecule has 0 radical (unpaired) electrons. The second-order valence-electron chi connectivity index (χ2n) is 5.13. The third kappa shape index (κ3) is 3.83. The number of hydrogen-bond acceptors (Lipinski definition) is 5. The summed E-state index contributed by atoms with van der Waals surface area (Å²) in [6.45, 7) is 1.39. The van der Waals surface area contributed by atoms with Crippen molar-refractivity contribution in [2.75, 3.05) is 10.6 Å². The first-order valence-electron chi connectivity index (χ1n) is 7.25. The van der Waals surface area contributed by atoms with E-state index in [9.17, 15) is 14.0 Å². The van der Waals surface area contributed by atoms with Gasteiger partial charge in [-0.1, -0.05) is 6.07 Å². The number of carbonyl (C=O) groups excluding carboxylic acids is 2. The molecule has 0 aliphatic heterocycles. The van der Waals surface area contributed by atoms with Gasteiger partial charge in [0.05, 0.1) is 11.3 Å². The van der Waals surface area contributed by atoms with Gasteiger partial charge in [0.15, 0.2) is 0 Å². The summed E-state index contributed by atoms with van der Waals surface area (Å²) in [6, 6.07) is 10.3. The fraction of sp³-hybridized carbons (Fsp3) is 0.0625. The van der Waals surface area contributed by atoms with Gasteiger partial charge < -0.3 is 10.6 Å². The molecule has 25 heavy (non-hydrogen) atoms. The molecule has 0 unspecified atom stereocenters. The van der Waals surface area contributed by atoms with Crippen LogP contribution in [-0.4, -0.2) is 32.0 Å². The van der Waals surface area contributed by atoms with E-state index in [-0.39, 0.29) is 11.5 Å². The SMILES string of the molecule is CC(=O)Nc1cccc(NC(=O)c2cc(F)ccc2-n2cnnn2)c1. The maximum atomic E-state index is 13.6. The summed E-state index contributed by atoms with van der Waals surface area (Å²) in [7, 11) is 0. The first kappa shape index (κ1) is 16.2. The smallest absolute Gasteiger partial charge is 0.257 e. The van der Waals surface area contributed by atoms with Crippen molar-refractivity contribution >= 4 is 23.2 Å². The van der Waals surface area contributed by atoms with E-state index in [0.29, 0.717) is 17.1 Å². The van der Waals surface area contributed by atoms with E-state index in [1.54, 1.807) is 24.3 Å². The first-order valence-corrected chi connectivity index (χ1v) is 7.25. The van der Waals surface area contributed by atoms with Crippen LogP contribution in [0.1, 0.15) is 17.3 Å². The quantitative estimate of drug-likeness (QED) is 0.756. The number of nitrogens with one attached hydrogen (secondary N) is 2. The van der Waals surface area contributed by atoms with Gasteiger partial charge in [-0.15, -0.1) is 5.10 Å². The lowest BCUT2D eigenvalue weighted by molar-refractivity contribution is -0.114. The Morgan fingerprint density at radius 1 is 1.08 bits per heavy atom. The number of halogens is 1. The number of carbonyl (C=O) groups is 2. The van der Waals surface area contributed by atoms with Crippen molar-refractivity contribution in [2.24, 2.45) is 0 Å². The Kier molecular flexibility index (Phi) is 4.46. The van der Waals surface area contributed by atoms with E-state index in [1.165, 1.54) is 30.1 Å². The van der Waals surface area contributed by atoms with Gasteiger partial charge in [0, 0.05) is 18.3 Å². The number of hydrogen-bond donors (Lipinski definition) is 2. The van der Waals surface area contributed by atoms with Crippen LogP contribution in [0.2, 0.25) is 0 Å². The fourth-order valence-corrected chi connectivity index (χ4v) is 2.24. The number of amides is 2. The molecular formula is C16H13FN6O2. The molecule has 2 N–H and O–H groups in total. The zero-order valence-electron chi connectivity index (χ0n) is 13.1. The molecule has 0 saturated carbocycles. The summed E-state index contributed by atoms with van der Waals surface area (Å²) in [4.78, 5) is 23.7. The average Bonchev–Trinajstić information content (AvgIpc) is 3.08. The standard InChI is InChI=1S/C16H13FN6O2/c1-10(24)19-12-3-2-4-13(8-12)20-16(25)14-7-11(17)5-6-15(14)23-9-18-21-22-23/h2-9H,1H3,(H,19,24)(H,20,25). The lowest BCUT2D eigenvalue weighted by Crippen LogP contribution is -2.16. The molecule has 1 heterocycles. The van der Waals surface area contributed by atoms with Crippen LogP contribution in [0.15, 0.2) is 48.8 Å². The topological polar surface area (TPSA) is 102 Å². The molecule has 0 spiro atoms. The van der Waals surface area contributed by atoms with Crippen molar-refractivity contribution in [3.05, 3.63) is 60.2 Å². The fourth-order valence-electron chi connectivity index (χ4n) is 2.24. The molecule has 0 atom stereocenters. The van der Waals surface area contributed by atoms with Crippen molar-refractivity contribution in [1.82, 2.24) is 20.2 Å². The summed E-state index contributed by atoms with van der Waals surface area (Å²) in [6.07, 6.45) is 1.31. The van der Waals surface area contributed by atoms with Gasteiger partial charge in [0.1, 0.15) is 12.1 Å². The lowest BCUT2D eigenvalue weighted by atomic mass is 10.1. The minimum absolute atomic E-state index is 0.0669. The summed E-state index contributed by atoms with van der Waals surface area (Å²) in [5, 5.41) is 16.0. The number of aromatic nitrogens is 4.